The average Bonchev–Trinajstić information content (AvgIpc) is 2.86. The molecule has 5 heteroatoms. The molecular weight excluding hydrogens is 506 g/mol. The van der Waals surface area contributed by atoms with E-state index in [1.54, 1.807) is 6.92 Å². The molecule has 5 atom stereocenters. The zero-order valence-corrected chi connectivity index (χ0v) is 28.2. The van der Waals surface area contributed by atoms with Gasteiger partial charge >= 0.3 is 0 Å². The van der Waals surface area contributed by atoms with Crippen molar-refractivity contribution in [3.05, 3.63) is 11.6 Å². The van der Waals surface area contributed by atoms with Gasteiger partial charge in [-0.1, -0.05) is 81.7 Å². The number of hydrogen-bond donors (Lipinski definition) is 1. The topological polar surface area (TPSA) is 93.8 Å². The fraction of sp³-hybridized carbons (Fsp3) is 0.833. The SMILES string of the molecule is CCCC(C)(C)CC[C@@](C)(CCC(C)(C)[C@]1(C)CC[C@H]2C(C)(C)C(=O)C(C#N)=C[C@]2(C)[C@H]1CC(C)=O)CNCC#N. The van der Waals surface area contributed by atoms with E-state index in [0.717, 1.165) is 45.1 Å². The van der Waals surface area contributed by atoms with Crippen LogP contribution in [0.2, 0.25) is 0 Å². The number of nitriles is 2. The Labute approximate surface area is 251 Å². The fourth-order valence-corrected chi connectivity index (χ4v) is 8.77. The number of fused-ring (bicyclic) bond motifs is 1. The van der Waals surface area contributed by atoms with Gasteiger partial charge in [0.1, 0.15) is 11.9 Å². The van der Waals surface area contributed by atoms with Gasteiger partial charge in [-0.15, -0.1) is 0 Å². The maximum absolute atomic E-state index is 13.3. The number of nitrogens with one attached hydrogen (secondary N) is 1. The monoisotopic (exact) mass is 565 g/mol. The van der Waals surface area contributed by atoms with E-state index < -0.39 is 10.8 Å². The molecule has 230 valence electrons. The lowest BCUT2D eigenvalue weighted by Crippen LogP contribution is -2.60. The van der Waals surface area contributed by atoms with Gasteiger partial charge in [0.2, 0.25) is 0 Å². The van der Waals surface area contributed by atoms with E-state index >= 15 is 0 Å². The van der Waals surface area contributed by atoms with Gasteiger partial charge in [-0.05, 0) is 90.8 Å². The number of carbonyl (C=O) groups is 2. The van der Waals surface area contributed by atoms with Crippen molar-refractivity contribution < 1.29 is 9.59 Å². The highest BCUT2D eigenvalue weighted by Gasteiger charge is 2.63. The standard InChI is InChI=1S/C36H59N3O2/c1-12-14-31(3,4)16-18-34(9,25-39-21-20-37)19-17-32(5,6)36(11)15-13-28-33(7,8)30(41)27(24-38)23-35(28,10)29(36)22-26(2)40/h23,28-29,39H,12-19,21-22,25H2,1-11H3/t28-,29+,34-,35-,36+/m0/s1. The minimum absolute atomic E-state index is 0.0310. The summed E-state index contributed by atoms with van der Waals surface area (Å²) in [6.45, 7) is 25.6. The van der Waals surface area contributed by atoms with E-state index in [4.69, 9.17) is 0 Å². The van der Waals surface area contributed by atoms with Crippen molar-refractivity contribution in [2.24, 2.45) is 44.3 Å². The van der Waals surface area contributed by atoms with Crippen molar-refractivity contribution in [3.8, 4) is 12.1 Å². The molecule has 0 aliphatic heterocycles. The highest BCUT2D eigenvalue weighted by atomic mass is 16.1. The summed E-state index contributed by atoms with van der Waals surface area (Å²) in [5.41, 5.74) is -0.675. The number of Topliss-reactive ketones (excluding diaryl/α,β-unsaturated/α-hetero) is 2. The molecule has 0 aromatic rings. The first kappa shape index (κ1) is 35.2. The van der Waals surface area contributed by atoms with Crippen LogP contribution in [0, 0.1) is 67.0 Å². The summed E-state index contributed by atoms with van der Waals surface area (Å²) >= 11 is 0. The largest absolute Gasteiger partial charge is 0.304 e. The maximum Gasteiger partial charge on any atom is 0.178 e. The Morgan fingerprint density at radius 2 is 1.63 bits per heavy atom. The Morgan fingerprint density at radius 3 is 2.17 bits per heavy atom. The van der Waals surface area contributed by atoms with E-state index in [1.165, 1.54) is 12.8 Å². The second-order valence-corrected chi connectivity index (χ2v) is 16.4. The van der Waals surface area contributed by atoms with Gasteiger partial charge < -0.3 is 10.1 Å². The van der Waals surface area contributed by atoms with E-state index in [2.05, 4.69) is 72.8 Å². The lowest BCUT2D eigenvalue weighted by molar-refractivity contribution is -0.155. The van der Waals surface area contributed by atoms with Gasteiger partial charge in [0.05, 0.1) is 18.2 Å². The molecule has 0 spiro atoms. The summed E-state index contributed by atoms with van der Waals surface area (Å²) in [5.74, 6) is 0.236. The van der Waals surface area contributed by atoms with Crippen molar-refractivity contribution in [1.29, 1.82) is 10.5 Å². The Bertz CT molecular complexity index is 1090. The number of hydrogen-bond acceptors (Lipinski definition) is 5. The summed E-state index contributed by atoms with van der Waals surface area (Å²) in [5, 5.41) is 22.5. The summed E-state index contributed by atoms with van der Waals surface area (Å²) in [4.78, 5) is 26.1. The minimum atomic E-state index is -0.634. The molecule has 0 unspecified atom stereocenters. The van der Waals surface area contributed by atoms with Crippen LogP contribution in [-0.2, 0) is 9.59 Å². The van der Waals surface area contributed by atoms with Crippen LogP contribution in [0.25, 0.3) is 0 Å². The first-order chi connectivity index (χ1) is 18.7. The number of carbonyl (C=O) groups excluding carboxylic acids is 2. The molecular formula is C36H59N3O2. The molecule has 2 aliphatic rings. The Balaban J connectivity index is 2.47. The molecule has 0 saturated heterocycles. The second-order valence-electron chi connectivity index (χ2n) is 16.4. The Hall–Kier alpha value is -1.98. The summed E-state index contributed by atoms with van der Waals surface area (Å²) in [7, 11) is 0. The van der Waals surface area contributed by atoms with Crippen LogP contribution in [0.4, 0.5) is 0 Å². The molecule has 0 radical (unpaired) electrons. The zero-order chi connectivity index (χ0) is 31.5. The predicted octanol–water partition coefficient (Wildman–Crippen LogP) is 8.60. The first-order valence-corrected chi connectivity index (χ1v) is 16.0. The van der Waals surface area contributed by atoms with Gasteiger partial charge in [0, 0.05) is 18.4 Å². The predicted molar refractivity (Wildman–Crippen MR) is 168 cm³/mol. The van der Waals surface area contributed by atoms with Crippen LogP contribution in [0.1, 0.15) is 134 Å². The van der Waals surface area contributed by atoms with E-state index in [9.17, 15) is 20.1 Å². The third-order valence-corrected chi connectivity index (χ3v) is 12.0. The van der Waals surface area contributed by atoms with Crippen LogP contribution >= 0.6 is 0 Å². The Morgan fingerprint density at radius 1 is 1.02 bits per heavy atom. The normalized spacial score (nSPS) is 29.5. The maximum atomic E-state index is 13.3. The number of allylic oxidation sites excluding steroid dienone is 2. The molecule has 2 aliphatic carbocycles. The van der Waals surface area contributed by atoms with Crippen molar-refractivity contribution in [2.75, 3.05) is 13.1 Å². The quantitative estimate of drug-likeness (QED) is 0.168. The first-order valence-electron chi connectivity index (χ1n) is 16.0. The molecule has 0 aromatic carbocycles. The van der Waals surface area contributed by atoms with Gasteiger partial charge in [0.15, 0.2) is 5.78 Å². The van der Waals surface area contributed by atoms with Crippen LogP contribution in [0.15, 0.2) is 11.6 Å². The smallest absolute Gasteiger partial charge is 0.178 e. The third kappa shape index (κ3) is 7.33. The van der Waals surface area contributed by atoms with Crippen LogP contribution in [0.5, 0.6) is 0 Å². The van der Waals surface area contributed by atoms with Crippen LogP contribution < -0.4 is 5.32 Å². The molecule has 2 rings (SSSR count). The zero-order valence-electron chi connectivity index (χ0n) is 28.2. The molecule has 1 N–H and O–H groups in total. The molecule has 0 amide bonds. The highest BCUT2D eigenvalue weighted by Crippen LogP contribution is 2.68. The lowest BCUT2D eigenvalue weighted by atomic mass is 9.39. The molecule has 1 saturated carbocycles. The van der Waals surface area contributed by atoms with Gasteiger partial charge in [-0.2, -0.15) is 10.5 Å². The molecule has 41 heavy (non-hydrogen) atoms. The van der Waals surface area contributed by atoms with Crippen LogP contribution in [-0.4, -0.2) is 24.7 Å². The summed E-state index contributed by atoms with van der Waals surface area (Å²) in [6.07, 6.45) is 11.0. The van der Waals surface area contributed by atoms with Gasteiger partial charge in [-0.25, -0.2) is 0 Å². The van der Waals surface area contributed by atoms with Crippen molar-refractivity contribution in [2.45, 2.75) is 134 Å². The summed E-state index contributed by atoms with van der Waals surface area (Å²) < 4.78 is 0. The lowest BCUT2D eigenvalue weighted by Gasteiger charge is -2.64. The van der Waals surface area contributed by atoms with E-state index in [0.29, 0.717) is 18.4 Å². The van der Waals surface area contributed by atoms with Gasteiger partial charge in [-0.3, -0.25) is 4.79 Å². The minimum Gasteiger partial charge on any atom is -0.304 e. The van der Waals surface area contributed by atoms with Crippen LogP contribution in [0.3, 0.4) is 0 Å². The number of rotatable bonds is 14. The third-order valence-electron chi connectivity index (χ3n) is 12.0. The second kappa shape index (κ2) is 12.7. The Kier molecular flexibility index (Phi) is 10.9. The average molecular weight is 566 g/mol. The number of nitrogens with zero attached hydrogens (tertiary/aromatic N) is 2. The molecule has 1 fully saturated rings. The highest BCUT2D eigenvalue weighted by molar-refractivity contribution is 6.04. The molecule has 5 nitrogen and oxygen atoms in total. The number of ketones is 2. The van der Waals surface area contributed by atoms with Crippen molar-refractivity contribution in [1.82, 2.24) is 5.32 Å². The van der Waals surface area contributed by atoms with Gasteiger partial charge in [0.25, 0.3) is 0 Å². The summed E-state index contributed by atoms with van der Waals surface area (Å²) in [6, 6.07) is 4.45. The van der Waals surface area contributed by atoms with E-state index in [-0.39, 0.29) is 45.2 Å². The molecule has 0 bridgehead atoms. The van der Waals surface area contributed by atoms with E-state index in [1.807, 2.05) is 19.9 Å². The fourth-order valence-electron chi connectivity index (χ4n) is 8.77. The van der Waals surface area contributed by atoms with Crippen molar-refractivity contribution >= 4 is 11.6 Å². The molecule has 0 heterocycles. The van der Waals surface area contributed by atoms with Crippen molar-refractivity contribution in [3.63, 3.8) is 0 Å². The molecule has 0 aromatic heterocycles.